The molecular weight excluding hydrogens is 362 g/mol. The Bertz CT molecular complexity index is 898. The minimum absolute atomic E-state index is 0.00173. The fourth-order valence-electron chi connectivity index (χ4n) is 3.70. The number of hydrogen-bond donors (Lipinski definition) is 1. The monoisotopic (exact) mass is 391 g/mol. The molecule has 1 saturated heterocycles. The normalized spacial score (nSPS) is 17.1. The summed E-state index contributed by atoms with van der Waals surface area (Å²) in [6.07, 6.45) is 6.37. The largest absolute Gasteiger partial charge is 0.354 e. The van der Waals surface area contributed by atoms with Gasteiger partial charge in [-0.05, 0) is 49.9 Å². The van der Waals surface area contributed by atoms with Gasteiger partial charge in [0.25, 0.3) is 0 Å². The van der Waals surface area contributed by atoms with E-state index in [9.17, 15) is 13.2 Å². The van der Waals surface area contributed by atoms with Crippen LogP contribution in [-0.4, -0.2) is 42.8 Å². The molecule has 1 amide bonds. The van der Waals surface area contributed by atoms with Gasteiger partial charge < -0.3 is 9.88 Å². The van der Waals surface area contributed by atoms with E-state index in [1.807, 2.05) is 36.7 Å². The SMILES string of the molecule is CCCNC(=O)[C@H](CC)n1ccc2cc(S(=O)(=O)N3CCCCC3)ccc21. The Hall–Kier alpha value is -1.86. The first kappa shape index (κ1) is 19.9. The molecule has 6 nitrogen and oxygen atoms in total. The predicted molar refractivity (Wildman–Crippen MR) is 107 cm³/mol. The Labute approximate surface area is 161 Å². The molecular formula is C20H29N3O3S. The van der Waals surface area contributed by atoms with Crippen LogP contribution >= 0.6 is 0 Å². The lowest BCUT2D eigenvalue weighted by molar-refractivity contribution is -0.124. The smallest absolute Gasteiger partial charge is 0.243 e. The maximum atomic E-state index is 12.9. The van der Waals surface area contributed by atoms with Crippen molar-refractivity contribution in [1.82, 2.24) is 14.2 Å². The maximum Gasteiger partial charge on any atom is 0.243 e. The summed E-state index contributed by atoms with van der Waals surface area (Å²) in [4.78, 5) is 12.8. The summed E-state index contributed by atoms with van der Waals surface area (Å²) < 4.78 is 29.3. The topological polar surface area (TPSA) is 71.4 Å². The molecule has 2 aromatic rings. The van der Waals surface area contributed by atoms with Crippen molar-refractivity contribution in [2.24, 2.45) is 0 Å². The Morgan fingerprint density at radius 1 is 1.15 bits per heavy atom. The van der Waals surface area contributed by atoms with Crippen LogP contribution in [0, 0.1) is 0 Å². The number of rotatable bonds is 7. The molecule has 0 spiro atoms. The van der Waals surface area contributed by atoms with Crippen molar-refractivity contribution in [3.8, 4) is 0 Å². The molecule has 2 heterocycles. The van der Waals surface area contributed by atoms with E-state index in [0.717, 1.165) is 36.6 Å². The molecule has 1 N–H and O–H groups in total. The van der Waals surface area contributed by atoms with Gasteiger partial charge in [-0.3, -0.25) is 4.79 Å². The highest BCUT2D eigenvalue weighted by Gasteiger charge is 2.27. The van der Waals surface area contributed by atoms with Gasteiger partial charge in [-0.25, -0.2) is 8.42 Å². The molecule has 0 saturated carbocycles. The number of aromatic nitrogens is 1. The highest BCUT2D eigenvalue weighted by Crippen LogP contribution is 2.27. The summed E-state index contributed by atoms with van der Waals surface area (Å²) >= 11 is 0. The number of amides is 1. The van der Waals surface area contributed by atoms with E-state index < -0.39 is 10.0 Å². The number of nitrogens with one attached hydrogen (secondary N) is 1. The second kappa shape index (κ2) is 8.44. The highest BCUT2D eigenvalue weighted by atomic mass is 32.2. The van der Waals surface area contributed by atoms with E-state index >= 15 is 0 Å². The van der Waals surface area contributed by atoms with Crippen molar-refractivity contribution < 1.29 is 13.2 Å². The predicted octanol–water partition coefficient (Wildman–Crippen LogP) is 3.29. The van der Waals surface area contributed by atoms with Crippen LogP contribution in [0.5, 0.6) is 0 Å². The number of fused-ring (bicyclic) bond motifs is 1. The van der Waals surface area contributed by atoms with Crippen molar-refractivity contribution >= 4 is 26.8 Å². The first-order valence-corrected chi connectivity index (χ1v) is 11.3. The van der Waals surface area contributed by atoms with Gasteiger partial charge in [0.1, 0.15) is 6.04 Å². The lowest BCUT2D eigenvalue weighted by atomic mass is 10.2. The molecule has 1 fully saturated rings. The first-order valence-electron chi connectivity index (χ1n) is 9.87. The average Bonchev–Trinajstić information content (AvgIpc) is 3.10. The average molecular weight is 392 g/mol. The van der Waals surface area contributed by atoms with Crippen LogP contribution in [0.25, 0.3) is 10.9 Å². The molecule has 0 unspecified atom stereocenters. The third-order valence-electron chi connectivity index (χ3n) is 5.22. The Balaban J connectivity index is 1.91. The van der Waals surface area contributed by atoms with Crippen molar-refractivity contribution in [2.75, 3.05) is 19.6 Å². The van der Waals surface area contributed by atoms with Crippen molar-refractivity contribution in [3.63, 3.8) is 0 Å². The van der Waals surface area contributed by atoms with E-state index in [0.29, 0.717) is 31.0 Å². The van der Waals surface area contributed by atoms with E-state index in [1.54, 1.807) is 16.4 Å². The second-order valence-corrected chi connectivity index (χ2v) is 9.06. The minimum Gasteiger partial charge on any atom is -0.354 e. The molecule has 1 aromatic carbocycles. The number of hydrogen-bond acceptors (Lipinski definition) is 3. The van der Waals surface area contributed by atoms with Gasteiger partial charge >= 0.3 is 0 Å². The molecule has 1 aliphatic heterocycles. The maximum absolute atomic E-state index is 12.9. The fraction of sp³-hybridized carbons (Fsp3) is 0.550. The number of piperidine rings is 1. The standard InChI is InChI=1S/C20H29N3O3S/c1-3-11-21-20(24)18(4-2)23-14-10-16-15-17(8-9-19(16)23)27(25,26)22-12-6-5-7-13-22/h8-10,14-15,18H,3-7,11-13H2,1-2H3,(H,21,24)/t18-/m0/s1. The summed E-state index contributed by atoms with van der Waals surface area (Å²) in [7, 11) is -3.45. The fourth-order valence-corrected chi connectivity index (χ4v) is 5.26. The van der Waals surface area contributed by atoms with Crippen LogP contribution in [-0.2, 0) is 14.8 Å². The molecule has 27 heavy (non-hydrogen) atoms. The van der Waals surface area contributed by atoms with Crippen LogP contribution in [0.3, 0.4) is 0 Å². The third-order valence-corrected chi connectivity index (χ3v) is 7.11. The van der Waals surface area contributed by atoms with Crippen molar-refractivity contribution in [2.45, 2.75) is 56.9 Å². The Kier molecular flexibility index (Phi) is 6.22. The summed E-state index contributed by atoms with van der Waals surface area (Å²) in [6, 6.07) is 6.81. The van der Waals surface area contributed by atoms with Gasteiger partial charge in [-0.15, -0.1) is 0 Å². The van der Waals surface area contributed by atoms with Gasteiger partial charge in [0, 0.05) is 36.7 Å². The van der Waals surface area contributed by atoms with Crippen LogP contribution in [0.1, 0.15) is 52.0 Å². The number of carbonyl (C=O) groups is 1. The zero-order valence-electron chi connectivity index (χ0n) is 16.1. The van der Waals surface area contributed by atoms with Crippen LogP contribution in [0.4, 0.5) is 0 Å². The summed E-state index contributed by atoms with van der Waals surface area (Å²) in [5.41, 5.74) is 0.881. The summed E-state index contributed by atoms with van der Waals surface area (Å²) in [5, 5.41) is 3.80. The first-order chi connectivity index (χ1) is 13.0. The van der Waals surface area contributed by atoms with E-state index in [1.165, 1.54) is 0 Å². The summed E-state index contributed by atoms with van der Waals surface area (Å²) in [6.45, 7) is 5.86. The quantitative estimate of drug-likeness (QED) is 0.787. The van der Waals surface area contributed by atoms with Crippen LogP contribution in [0.15, 0.2) is 35.4 Å². The second-order valence-electron chi connectivity index (χ2n) is 7.12. The van der Waals surface area contributed by atoms with Gasteiger partial charge in [-0.2, -0.15) is 4.31 Å². The third kappa shape index (κ3) is 4.04. The van der Waals surface area contributed by atoms with Crippen molar-refractivity contribution in [1.29, 1.82) is 0 Å². The molecule has 148 valence electrons. The molecule has 0 radical (unpaired) electrons. The molecule has 3 rings (SSSR count). The van der Waals surface area contributed by atoms with Gasteiger partial charge in [0.2, 0.25) is 15.9 Å². The molecule has 0 bridgehead atoms. The lowest BCUT2D eigenvalue weighted by Crippen LogP contribution is -2.35. The molecule has 1 atom stereocenters. The molecule has 1 aliphatic rings. The van der Waals surface area contributed by atoms with E-state index in [2.05, 4.69) is 5.32 Å². The van der Waals surface area contributed by atoms with Crippen molar-refractivity contribution in [3.05, 3.63) is 30.5 Å². The molecule has 7 heteroatoms. The number of carbonyl (C=O) groups excluding carboxylic acids is 1. The van der Waals surface area contributed by atoms with Gasteiger partial charge in [0.15, 0.2) is 0 Å². The zero-order valence-corrected chi connectivity index (χ0v) is 17.0. The van der Waals surface area contributed by atoms with E-state index in [-0.39, 0.29) is 11.9 Å². The number of benzene rings is 1. The molecule has 1 aromatic heterocycles. The Morgan fingerprint density at radius 3 is 2.56 bits per heavy atom. The Morgan fingerprint density at radius 2 is 1.89 bits per heavy atom. The number of nitrogens with zero attached hydrogens (tertiary/aromatic N) is 2. The van der Waals surface area contributed by atoms with Gasteiger partial charge in [0.05, 0.1) is 4.90 Å². The van der Waals surface area contributed by atoms with E-state index in [4.69, 9.17) is 0 Å². The summed E-state index contributed by atoms with van der Waals surface area (Å²) in [5.74, 6) is 0.00173. The lowest BCUT2D eigenvalue weighted by Gasteiger charge is -2.26. The van der Waals surface area contributed by atoms with Crippen LogP contribution < -0.4 is 5.32 Å². The van der Waals surface area contributed by atoms with Gasteiger partial charge in [-0.1, -0.05) is 20.3 Å². The zero-order chi connectivity index (χ0) is 19.4. The minimum atomic E-state index is -3.45. The molecule has 0 aliphatic carbocycles. The highest BCUT2D eigenvalue weighted by molar-refractivity contribution is 7.89. The number of sulfonamides is 1. The van der Waals surface area contributed by atoms with Crippen LogP contribution in [0.2, 0.25) is 0 Å².